The number of anilines is 1. The van der Waals surface area contributed by atoms with E-state index in [0.717, 1.165) is 29.1 Å². The van der Waals surface area contributed by atoms with Gasteiger partial charge in [-0.25, -0.2) is 4.98 Å². The van der Waals surface area contributed by atoms with Crippen molar-refractivity contribution in [3.05, 3.63) is 95.3 Å². The minimum atomic E-state index is 0.0503. The first-order chi connectivity index (χ1) is 14.2. The normalized spacial score (nSPS) is 16.7. The number of nitrogens with zero attached hydrogens (tertiary/aromatic N) is 3. The zero-order valence-electron chi connectivity index (χ0n) is 15.8. The largest absolute Gasteiger partial charge is 0.323 e. The fourth-order valence-corrected chi connectivity index (χ4v) is 4.22. The van der Waals surface area contributed by atoms with Crippen LogP contribution in [-0.2, 0) is 11.3 Å². The molecule has 0 saturated carbocycles. The lowest BCUT2D eigenvalue weighted by atomic mass is 10.1. The van der Waals surface area contributed by atoms with Gasteiger partial charge >= 0.3 is 0 Å². The van der Waals surface area contributed by atoms with Crippen LogP contribution in [0.3, 0.4) is 0 Å². The smallest absolute Gasteiger partial charge is 0.227 e. The molecule has 29 heavy (non-hydrogen) atoms. The fourth-order valence-electron chi connectivity index (χ4n) is 4.09. The van der Waals surface area contributed by atoms with Crippen molar-refractivity contribution in [1.82, 2.24) is 9.55 Å². The van der Waals surface area contributed by atoms with Gasteiger partial charge in [0, 0.05) is 36.1 Å². The molecule has 0 unspecified atom stereocenters. The Bertz CT molecular complexity index is 1170. The number of benzene rings is 3. The fraction of sp³-hybridized carbons (Fsp3) is 0.167. The lowest BCUT2D eigenvalue weighted by Gasteiger charge is -2.17. The zero-order valence-corrected chi connectivity index (χ0v) is 16.6. The Labute approximate surface area is 174 Å². The molecule has 5 rings (SSSR count). The van der Waals surface area contributed by atoms with E-state index in [-0.39, 0.29) is 11.8 Å². The monoisotopic (exact) mass is 401 g/mol. The number of rotatable bonds is 4. The van der Waals surface area contributed by atoms with Gasteiger partial charge < -0.3 is 9.47 Å². The van der Waals surface area contributed by atoms with Crippen LogP contribution in [0, 0.1) is 0 Å². The van der Waals surface area contributed by atoms with Gasteiger partial charge in [0.15, 0.2) is 0 Å². The Morgan fingerprint density at radius 1 is 0.931 bits per heavy atom. The van der Waals surface area contributed by atoms with Gasteiger partial charge in [-0.15, -0.1) is 0 Å². The van der Waals surface area contributed by atoms with E-state index in [1.807, 2.05) is 53.4 Å². The van der Waals surface area contributed by atoms with Crippen molar-refractivity contribution >= 4 is 34.2 Å². The first kappa shape index (κ1) is 18.0. The molecular weight excluding hydrogens is 382 g/mol. The van der Waals surface area contributed by atoms with Crippen molar-refractivity contribution < 1.29 is 4.79 Å². The predicted molar refractivity (Wildman–Crippen MR) is 116 cm³/mol. The molecule has 1 aromatic heterocycles. The maximum Gasteiger partial charge on any atom is 0.227 e. The highest BCUT2D eigenvalue weighted by Gasteiger charge is 2.34. The van der Waals surface area contributed by atoms with Crippen LogP contribution in [0.15, 0.2) is 78.9 Å². The van der Waals surface area contributed by atoms with Crippen LogP contribution in [0.2, 0.25) is 5.02 Å². The number of hydrogen-bond donors (Lipinski definition) is 0. The average molecular weight is 402 g/mol. The van der Waals surface area contributed by atoms with Crippen LogP contribution >= 0.6 is 11.6 Å². The Kier molecular flexibility index (Phi) is 4.57. The topological polar surface area (TPSA) is 38.1 Å². The molecule has 144 valence electrons. The molecule has 1 aliphatic rings. The Morgan fingerprint density at radius 3 is 2.45 bits per heavy atom. The summed E-state index contributed by atoms with van der Waals surface area (Å²) in [5, 5.41) is 0.668. The molecule has 1 aliphatic heterocycles. The number of para-hydroxylation sites is 2. The van der Waals surface area contributed by atoms with Gasteiger partial charge in [0.2, 0.25) is 5.91 Å². The molecule has 1 atom stereocenters. The SMILES string of the molecule is O=C1C[C@@H](c2nc3ccccc3n2Cc2ccccc2)CN1c1ccc(Cl)cc1. The number of halogens is 1. The predicted octanol–water partition coefficient (Wildman–Crippen LogP) is 5.26. The van der Waals surface area contributed by atoms with Gasteiger partial charge in [0.1, 0.15) is 5.82 Å². The second-order valence-corrected chi connectivity index (χ2v) is 7.85. The molecular formula is C24H20ClN3O. The third-order valence-electron chi connectivity index (χ3n) is 5.50. The highest BCUT2D eigenvalue weighted by atomic mass is 35.5. The van der Waals surface area contributed by atoms with E-state index in [4.69, 9.17) is 16.6 Å². The average Bonchev–Trinajstić information content (AvgIpc) is 3.30. The molecule has 1 saturated heterocycles. The lowest BCUT2D eigenvalue weighted by Crippen LogP contribution is -2.24. The third kappa shape index (κ3) is 3.40. The van der Waals surface area contributed by atoms with E-state index < -0.39 is 0 Å². The number of fused-ring (bicyclic) bond motifs is 1. The first-order valence-electron chi connectivity index (χ1n) is 9.74. The Hall–Kier alpha value is -3.11. The number of amides is 1. The molecule has 1 amide bonds. The minimum Gasteiger partial charge on any atom is -0.323 e. The molecule has 2 heterocycles. The van der Waals surface area contributed by atoms with Crippen molar-refractivity contribution in [3.63, 3.8) is 0 Å². The van der Waals surface area contributed by atoms with E-state index in [1.54, 1.807) is 0 Å². The van der Waals surface area contributed by atoms with Gasteiger partial charge in [-0.1, -0.05) is 54.1 Å². The summed E-state index contributed by atoms with van der Waals surface area (Å²) in [6.07, 6.45) is 0.459. The second-order valence-electron chi connectivity index (χ2n) is 7.41. The van der Waals surface area contributed by atoms with Crippen molar-refractivity contribution in [2.24, 2.45) is 0 Å². The van der Waals surface area contributed by atoms with E-state index in [1.165, 1.54) is 5.56 Å². The number of hydrogen-bond acceptors (Lipinski definition) is 2. The van der Waals surface area contributed by atoms with E-state index in [0.29, 0.717) is 18.0 Å². The van der Waals surface area contributed by atoms with Crippen LogP contribution in [0.4, 0.5) is 5.69 Å². The zero-order chi connectivity index (χ0) is 19.8. The molecule has 4 aromatic rings. The maximum absolute atomic E-state index is 12.8. The summed E-state index contributed by atoms with van der Waals surface area (Å²) < 4.78 is 2.26. The molecule has 4 nitrogen and oxygen atoms in total. The standard InChI is InChI=1S/C24H20ClN3O/c25-19-10-12-20(13-11-19)27-16-18(14-23(27)29)24-26-21-8-4-5-9-22(21)28(24)15-17-6-2-1-3-7-17/h1-13,18H,14-16H2/t18-/m1/s1. The van der Waals surface area contributed by atoms with E-state index >= 15 is 0 Å². The highest BCUT2D eigenvalue weighted by molar-refractivity contribution is 6.30. The van der Waals surface area contributed by atoms with Crippen molar-refractivity contribution in [3.8, 4) is 0 Å². The van der Waals surface area contributed by atoms with Crippen LogP contribution in [0.5, 0.6) is 0 Å². The van der Waals surface area contributed by atoms with Crippen LogP contribution in [-0.4, -0.2) is 22.0 Å². The van der Waals surface area contributed by atoms with E-state index in [9.17, 15) is 4.79 Å². The minimum absolute atomic E-state index is 0.0503. The van der Waals surface area contributed by atoms with E-state index in [2.05, 4.69) is 34.9 Å². The summed E-state index contributed by atoms with van der Waals surface area (Å²) in [5.41, 5.74) is 4.17. The molecule has 0 radical (unpaired) electrons. The van der Waals surface area contributed by atoms with Crippen molar-refractivity contribution in [1.29, 1.82) is 0 Å². The summed E-state index contributed by atoms with van der Waals surface area (Å²) in [6, 6.07) is 26.0. The van der Waals surface area contributed by atoms with Crippen LogP contribution < -0.4 is 4.90 Å². The number of carbonyl (C=O) groups is 1. The van der Waals surface area contributed by atoms with Gasteiger partial charge in [-0.2, -0.15) is 0 Å². The number of aromatic nitrogens is 2. The summed E-state index contributed by atoms with van der Waals surface area (Å²) in [4.78, 5) is 19.6. The molecule has 3 aromatic carbocycles. The molecule has 1 fully saturated rings. The number of imidazole rings is 1. The summed E-state index contributed by atoms with van der Waals surface area (Å²) >= 11 is 6.01. The molecule has 0 spiro atoms. The quantitative estimate of drug-likeness (QED) is 0.468. The van der Waals surface area contributed by atoms with Crippen LogP contribution in [0.1, 0.15) is 23.7 Å². The Morgan fingerprint density at radius 2 is 1.66 bits per heavy atom. The molecule has 0 aliphatic carbocycles. The van der Waals surface area contributed by atoms with Crippen molar-refractivity contribution in [2.75, 3.05) is 11.4 Å². The molecule has 5 heteroatoms. The van der Waals surface area contributed by atoms with Crippen LogP contribution in [0.25, 0.3) is 11.0 Å². The third-order valence-corrected chi connectivity index (χ3v) is 5.75. The molecule has 0 bridgehead atoms. The van der Waals surface area contributed by atoms with Gasteiger partial charge in [0.25, 0.3) is 0 Å². The summed E-state index contributed by atoms with van der Waals surface area (Å²) in [5.74, 6) is 1.14. The highest BCUT2D eigenvalue weighted by Crippen LogP contribution is 2.34. The second kappa shape index (κ2) is 7.37. The number of carbonyl (C=O) groups excluding carboxylic acids is 1. The van der Waals surface area contributed by atoms with Gasteiger partial charge in [0.05, 0.1) is 11.0 Å². The molecule has 0 N–H and O–H groups in total. The first-order valence-corrected chi connectivity index (χ1v) is 10.1. The van der Waals surface area contributed by atoms with Crippen molar-refractivity contribution in [2.45, 2.75) is 18.9 Å². The maximum atomic E-state index is 12.8. The van der Waals surface area contributed by atoms with Gasteiger partial charge in [-0.05, 0) is 42.0 Å². The lowest BCUT2D eigenvalue weighted by molar-refractivity contribution is -0.117. The summed E-state index contributed by atoms with van der Waals surface area (Å²) in [7, 11) is 0. The van der Waals surface area contributed by atoms with Gasteiger partial charge in [-0.3, -0.25) is 4.79 Å². The summed E-state index contributed by atoms with van der Waals surface area (Å²) in [6.45, 7) is 1.36. The Balaban J connectivity index is 1.52.